The van der Waals surface area contributed by atoms with E-state index in [-0.39, 0.29) is 12.0 Å². The second-order valence-electron chi connectivity index (χ2n) is 4.42. The fourth-order valence-electron chi connectivity index (χ4n) is 1.71. The highest BCUT2D eigenvalue weighted by Gasteiger charge is 2.21. The number of amides is 1. The Morgan fingerprint density at radius 2 is 2.42 bits per heavy atom. The van der Waals surface area contributed by atoms with Gasteiger partial charge in [-0.3, -0.25) is 4.79 Å². The molecule has 19 heavy (non-hydrogen) atoms. The average Bonchev–Trinajstić information content (AvgIpc) is 2.81. The van der Waals surface area contributed by atoms with E-state index in [2.05, 4.69) is 20.9 Å². The Bertz CT molecular complexity index is 418. The Morgan fingerprint density at radius 3 is 3.00 bits per heavy atom. The lowest BCUT2D eigenvalue weighted by Crippen LogP contribution is -2.43. The highest BCUT2D eigenvalue weighted by Crippen LogP contribution is 2.09. The van der Waals surface area contributed by atoms with Gasteiger partial charge in [0, 0.05) is 33.9 Å². The number of ether oxygens (including phenoxy) is 2. The number of nitrogens with one attached hydrogen (secondary N) is 2. The smallest absolute Gasteiger partial charge is 0.273 e. The first-order chi connectivity index (χ1) is 9.24. The summed E-state index contributed by atoms with van der Waals surface area (Å²) < 4.78 is 11.8. The SMILES string of the molecule is COCC(CNC(=O)c1cn(C2CNC2)nn1)OC. The number of nitrogens with zero attached hydrogens (tertiary/aromatic N) is 3. The molecule has 1 fully saturated rings. The molecule has 2 rings (SSSR count). The minimum atomic E-state index is -0.253. The van der Waals surface area contributed by atoms with E-state index >= 15 is 0 Å². The van der Waals surface area contributed by atoms with Gasteiger partial charge >= 0.3 is 0 Å². The van der Waals surface area contributed by atoms with Crippen LogP contribution in [-0.2, 0) is 9.47 Å². The van der Waals surface area contributed by atoms with Crippen molar-refractivity contribution in [1.29, 1.82) is 0 Å². The Hall–Kier alpha value is -1.51. The van der Waals surface area contributed by atoms with E-state index in [1.54, 1.807) is 25.1 Å². The third kappa shape index (κ3) is 3.49. The van der Waals surface area contributed by atoms with Gasteiger partial charge in [0.1, 0.15) is 0 Å². The van der Waals surface area contributed by atoms with Crippen LogP contribution in [0.2, 0.25) is 0 Å². The molecule has 0 spiro atoms. The molecule has 1 aromatic heterocycles. The van der Waals surface area contributed by atoms with Crippen LogP contribution in [0.15, 0.2) is 6.20 Å². The second-order valence-corrected chi connectivity index (χ2v) is 4.42. The van der Waals surface area contributed by atoms with Gasteiger partial charge in [-0.2, -0.15) is 0 Å². The first-order valence-electron chi connectivity index (χ1n) is 6.17. The molecule has 8 nitrogen and oxygen atoms in total. The van der Waals surface area contributed by atoms with Gasteiger partial charge in [0.05, 0.1) is 24.9 Å². The third-order valence-corrected chi connectivity index (χ3v) is 3.05. The van der Waals surface area contributed by atoms with Crippen LogP contribution in [0.3, 0.4) is 0 Å². The molecule has 106 valence electrons. The summed E-state index contributed by atoms with van der Waals surface area (Å²) in [5, 5.41) is 13.7. The van der Waals surface area contributed by atoms with E-state index in [0.717, 1.165) is 13.1 Å². The van der Waals surface area contributed by atoms with E-state index in [0.29, 0.717) is 24.9 Å². The van der Waals surface area contributed by atoms with Gasteiger partial charge in [-0.1, -0.05) is 5.21 Å². The number of methoxy groups -OCH3 is 2. The maximum Gasteiger partial charge on any atom is 0.273 e. The summed E-state index contributed by atoms with van der Waals surface area (Å²) in [4.78, 5) is 11.9. The van der Waals surface area contributed by atoms with Crippen molar-refractivity contribution >= 4 is 5.91 Å². The zero-order chi connectivity index (χ0) is 13.7. The van der Waals surface area contributed by atoms with Gasteiger partial charge in [0.25, 0.3) is 5.91 Å². The van der Waals surface area contributed by atoms with Gasteiger partial charge in [-0.25, -0.2) is 4.68 Å². The fraction of sp³-hybridized carbons (Fsp3) is 0.727. The average molecular weight is 269 g/mol. The van der Waals surface area contributed by atoms with E-state index in [1.807, 2.05) is 0 Å². The molecule has 1 atom stereocenters. The van der Waals surface area contributed by atoms with Crippen molar-refractivity contribution in [1.82, 2.24) is 25.6 Å². The van der Waals surface area contributed by atoms with Gasteiger partial charge < -0.3 is 20.1 Å². The molecule has 0 aliphatic carbocycles. The molecule has 1 aromatic rings. The number of aromatic nitrogens is 3. The molecule has 0 bridgehead atoms. The third-order valence-electron chi connectivity index (χ3n) is 3.05. The molecular weight excluding hydrogens is 250 g/mol. The topological polar surface area (TPSA) is 90.3 Å². The van der Waals surface area contributed by atoms with Crippen LogP contribution in [0.1, 0.15) is 16.5 Å². The molecule has 0 radical (unpaired) electrons. The van der Waals surface area contributed by atoms with Gasteiger partial charge in [-0.15, -0.1) is 5.10 Å². The quantitative estimate of drug-likeness (QED) is 0.647. The van der Waals surface area contributed by atoms with E-state index in [4.69, 9.17) is 9.47 Å². The summed E-state index contributed by atoms with van der Waals surface area (Å²) in [7, 11) is 3.17. The van der Waals surface area contributed by atoms with Gasteiger partial charge in [-0.05, 0) is 0 Å². The van der Waals surface area contributed by atoms with Crippen LogP contribution >= 0.6 is 0 Å². The molecular formula is C11H19N5O3. The maximum atomic E-state index is 11.9. The molecule has 8 heteroatoms. The summed E-state index contributed by atoms with van der Waals surface area (Å²) in [5.74, 6) is -0.253. The van der Waals surface area contributed by atoms with Gasteiger partial charge in [0.15, 0.2) is 5.69 Å². The monoisotopic (exact) mass is 269 g/mol. The molecule has 2 heterocycles. The van der Waals surface area contributed by atoms with Crippen LogP contribution in [0.25, 0.3) is 0 Å². The van der Waals surface area contributed by atoms with Gasteiger partial charge in [0.2, 0.25) is 0 Å². The van der Waals surface area contributed by atoms with Crippen molar-refractivity contribution in [2.24, 2.45) is 0 Å². The molecule has 1 amide bonds. The molecule has 1 aliphatic rings. The van der Waals surface area contributed by atoms with Crippen LogP contribution in [0.4, 0.5) is 0 Å². The Labute approximate surface area is 111 Å². The van der Waals surface area contributed by atoms with E-state index in [9.17, 15) is 4.79 Å². The zero-order valence-electron chi connectivity index (χ0n) is 11.1. The molecule has 1 aliphatic heterocycles. The predicted octanol–water partition coefficient (Wildman–Crippen LogP) is -1.19. The second kappa shape index (κ2) is 6.60. The van der Waals surface area contributed by atoms with Crippen molar-refractivity contribution in [3.05, 3.63) is 11.9 Å². The van der Waals surface area contributed by atoms with Crippen molar-refractivity contribution in [3.63, 3.8) is 0 Å². The zero-order valence-corrected chi connectivity index (χ0v) is 11.1. The molecule has 2 N–H and O–H groups in total. The predicted molar refractivity (Wildman–Crippen MR) is 66.9 cm³/mol. The van der Waals surface area contributed by atoms with Crippen LogP contribution in [0.5, 0.6) is 0 Å². The summed E-state index contributed by atoms with van der Waals surface area (Å²) in [6, 6.07) is 0.300. The Morgan fingerprint density at radius 1 is 1.63 bits per heavy atom. The number of hydrogen-bond acceptors (Lipinski definition) is 6. The van der Waals surface area contributed by atoms with Crippen molar-refractivity contribution in [2.75, 3.05) is 40.5 Å². The Kier molecular flexibility index (Phi) is 4.83. The van der Waals surface area contributed by atoms with Crippen LogP contribution in [-0.4, -0.2) is 67.5 Å². The summed E-state index contributed by atoms with van der Waals surface area (Å²) in [6.45, 7) is 2.53. The molecule has 1 saturated heterocycles. The highest BCUT2D eigenvalue weighted by molar-refractivity contribution is 5.91. The van der Waals surface area contributed by atoms with E-state index in [1.165, 1.54) is 0 Å². The minimum absolute atomic E-state index is 0.167. The lowest BCUT2D eigenvalue weighted by Gasteiger charge is -2.26. The fourth-order valence-corrected chi connectivity index (χ4v) is 1.71. The number of hydrogen-bond donors (Lipinski definition) is 2. The molecule has 0 aromatic carbocycles. The first-order valence-corrected chi connectivity index (χ1v) is 6.17. The highest BCUT2D eigenvalue weighted by atomic mass is 16.5. The number of carbonyl (C=O) groups excluding carboxylic acids is 1. The lowest BCUT2D eigenvalue weighted by atomic mass is 10.2. The maximum absolute atomic E-state index is 11.9. The summed E-state index contributed by atoms with van der Waals surface area (Å²) in [6.07, 6.45) is 1.50. The largest absolute Gasteiger partial charge is 0.382 e. The lowest BCUT2D eigenvalue weighted by molar-refractivity contribution is 0.0285. The molecule has 0 saturated carbocycles. The Balaban J connectivity index is 1.83. The normalized spacial score (nSPS) is 16.9. The van der Waals surface area contributed by atoms with Crippen molar-refractivity contribution in [3.8, 4) is 0 Å². The standard InChI is InChI=1S/C11H19N5O3/c1-18-7-9(19-2)5-13-11(17)10-6-16(15-14-10)8-3-12-4-8/h6,8-9,12H,3-5,7H2,1-2H3,(H,13,17). The molecule has 1 unspecified atom stereocenters. The van der Waals surface area contributed by atoms with Crippen molar-refractivity contribution in [2.45, 2.75) is 12.1 Å². The van der Waals surface area contributed by atoms with Crippen molar-refractivity contribution < 1.29 is 14.3 Å². The van der Waals surface area contributed by atoms with Crippen LogP contribution < -0.4 is 10.6 Å². The van der Waals surface area contributed by atoms with E-state index < -0.39 is 0 Å². The van der Waals surface area contributed by atoms with Crippen LogP contribution in [0, 0.1) is 0 Å². The number of rotatable bonds is 7. The minimum Gasteiger partial charge on any atom is -0.382 e. The summed E-state index contributed by atoms with van der Waals surface area (Å²) in [5.41, 5.74) is 0.319. The first kappa shape index (κ1) is 13.9. The number of carbonyl (C=O) groups is 1. The summed E-state index contributed by atoms with van der Waals surface area (Å²) >= 11 is 0.